The Morgan fingerprint density at radius 3 is 2.64 bits per heavy atom. The Morgan fingerprint density at radius 2 is 1.88 bits per heavy atom. The Labute approximate surface area is 149 Å². The molecule has 2 bridgehead atoms. The molecule has 130 valence electrons. The maximum atomic E-state index is 13.3. The molecule has 1 saturated heterocycles. The summed E-state index contributed by atoms with van der Waals surface area (Å²) >= 11 is 5.45. The van der Waals surface area contributed by atoms with Crippen molar-refractivity contribution in [2.45, 2.75) is 18.9 Å². The number of halogens is 2. The number of nitrogens with one attached hydrogen (secondary N) is 1. The second-order valence-electron chi connectivity index (χ2n) is 6.69. The number of pyridine rings is 1. The Kier molecular flexibility index (Phi) is 4.03. The number of aromatic nitrogens is 1. The molecule has 0 amide bonds. The number of benzene rings is 1. The fourth-order valence-corrected chi connectivity index (χ4v) is 4.16. The third kappa shape index (κ3) is 3.16. The van der Waals surface area contributed by atoms with E-state index in [1.54, 1.807) is 12.1 Å². The van der Waals surface area contributed by atoms with Crippen LogP contribution in [0.5, 0.6) is 0 Å². The van der Waals surface area contributed by atoms with Gasteiger partial charge in [0.1, 0.15) is 11.6 Å². The molecule has 7 heteroatoms. The molecule has 4 rings (SSSR count). The van der Waals surface area contributed by atoms with Crippen LogP contribution >= 0.6 is 12.2 Å². The van der Waals surface area contributed by atoms with E-state index in [-0.39, 0.29) is 11.5 Å². The van der Waals surface area contributed by atoms with Crippen LogP contribution in [-0.4, -0.2) is 27.7 Å². The van der Waals surface area contributed by atoms with E-state index in [0.717, 1.165) is 24.7 Å². The summed E-state index contributed by atoms with van der Waals surface area (Å²) in [5, 5.41) is 3.38. The molecule has 1 N–H and O–H groups in total. The lowest BCUT2D eigenvalue weighted by atomic mass is 9.83. The van der Waals surface area contributed by atoms with Crippen molar-refractivity contribution in [1.29, 1.82) is 0 Å². The van der Waals surface area contributed by atoms with E-state index >= 15 is 0 Å². The van der Waals surface area contributed by atoms with E-state index in [0.29, 0.717) is 29.8 Å². The molecular formula is C18H17F2N3OS. The maximum Gasteiger partial charge on any atom is 0.250 e. The first-order valence-electron chi connectivity index (χ1n) is 8.21. The van der Waals surface area contributed by atoms with Gasteiger partial charge in [0.05, 0.1) is 0 Å². The van der Waals surface area contributed by atoms with Crippen molar-refractivity contribution < 1.29 is 8.78 Å². The van der Waals surface area contributed by atoms with E-state index in [1.165, 1.54) is 12.1 Å². The molecule has 0 aliphatic carbocycles. The normalized spacial score (nSPS) is 21.6. The Bertz CT molecular complexity index is 878. The summed E-state index contributed by atoms with van der Waals surface area (Å²) in [6.07, 6.45) is 1.02. The summed E-state index contributed by atoms with van der Waals surface area (Å²) in [6.45, 7) is 2.09. The number of piperidine rings is 1. The Hall–Kier alpha value is -2.28. The number of likely N-dealkylation sites (tertiary alicyclic amines) is 1. The first-order chi connectivity index (χ1) is 12.0. The van der Waals surface area contributed by atoms with E-state index in [9.17, 15) is 13.6 Å². The summed E-state index contributed by atoms with van der Waals surface area (Å²) in [5.74, 6) is -0.732. The summed E-state index contributed by atoms with van der Waals surface area (Å²) < 4.78 is 28.5. The van der Waals surface area contributed by atoms with E-state index < -0.39 is 11.6 Å². The van der Waals surface area contributed by atoms with Gasteiger partial charge in [-0.15, -0.1) is 0 Å². The largest absolute Gasteiger partial charge is 0.348 e. The van der Waals surface area contributed by atoms with E-state index in [4.69, 9.17) is 12.2 Å². The van der Waals surface area contributed by atoms with Gasteiger partial charge < -0.3 is 14.8 Å². The van der Waals surface area contributed by atoms with Crippen molar-refractivity contribution in [3.63, 3.8) is 0 Å². The van der Waals surface area contributed by atoms with Crippen LogP contribution in [0.3, 0.4) is 0 Å². The van der Waals surface area contributed by atoms with Crippen LogP contribution in [0.1, 0.15) is 18.0 Å². The highest BCUT2D eigenvalue weighted by molar-refractivity contribution is 7.80. The van der Waals surface area contributed by atoms with E-state index in [1.807, 2.05) is 15.5 Å². The molecule has 1 aromatic heterocycles. The van der Waals surface area contributed by atoms with Crippen molar-refractivity contribution >= 4 is 23.0 Å². The standard InChI is InChI=1S/C18H17F2N3OS/c19-13-5-14(20)7-15(6-13)21-18(25)22-8-11-4-12(10-22)16-2-1-3-17(24)23(16)9-11/h1-3,5-7,11-12H,4,8-10H2,(H,21,25)/t11-,12-/m0/s1. The highest BCUT2D eigenvalue weighted by Gasteiger charge is 2.35. The molecule has 0 spiro atoms. The van der Waals surface area contributed by atoms with Gasteiger partial charge >= 0.3 is 0 Å². The third-order valence-corrected chi connectivity index (χ3v) is 5.24. The fraction of sp³-hybridized carbons (Fsp3) is 0.333. The molecule has 2 atom stereocenters. The smallest absolute Gasteiger partial charge is 0.250 e. The zero-order valence-corrected chi connectivity index (χ0v) is 14.2. The maximum absolute atomic E-state index is 13.3. The van der Waals surface area contributed by atoms with Crippen molar-refractivity contribution in [1.82, 2.24) is 9.47 Å². The predicted octanol–water partition coefficient (Wildman–Crippen LogP) is 2.94. The zero-order valence-electron chi connectivity index (χ0n) is 13.4. The fourth-order valence-electron chi connectivity index (χ4n) is 3.89. The monoisotopic (exact) mass is 361 g/mol. The lowest BCUT2D eigenvalue weighted by molar-refractivity contribution is 0.180. The topological polar surface area (TPSA) is 37.3 Å². The molecule has 1 aromatic carbocycles. The predicted molar refractivity (Wildman–Crippen MR) is 95.7 cm³/mol. The summed E-state index contributed by atoms with van der Waals surface area (Å²) in [5.41, 5.74) is 1.37. The van der Waals surface area contributed by atoms with Gasteiger partial charge in [-0.05, 0) is 42.8 Å². The number of nitrogens with zero attached hydrogens (tertiary/aromatic N) is 2. The molecule has 25 heavy (non-hydrogen) atoms. The van der Waals surface area contributed by atoms with Crippen molar-refractivity contribution in [3.05, 3.63) is 64.1 Å². The minimum absolute atomic E-state index is 0.0385. The minimum Gasteiger partial charge on any atom is -0.348 e. The number of thiocarbonyl (C=S) groups is 1. The Balaban J connectivity index is 1.53. The van der Waals surface area contributed by atoms with Gasteiger partial charge in [-0.1, -0.05) is 6.07 Å². The lowest BCUT2D eigenvalue weighted by Crippen LogP contribution is -2.50. The molecule has 2 aliphatic rings. The van der Waals surface area contributed by atoms with E-state index in [2.05, 4.69) is 5.32 Å². The lowest BCUT2D eigenvalue weighted by Gasteiger charge is -2.43. The van der Waals surface area contributed by atoms with Gasteiger partial charge in [0.15, 0.2) is 5.11 Å². The van der Waals surface area contributed by atoms with Gasteiger partial charge in [0.25, 0.3) is 5.56 Å². The molecule has 0 saturated carbocycles. The van der Waals surface area contributed by atoms with Crippen molar-refractivity contribution in [2.75, 3.05) is 18.4 Å². The molecule has 0 radical (unpaired) electrons. The van der Waals surface area contributed by atoms with Crippen LogP contribution in [0.2, 0.25) is 0 Å². The quantitative estimate of drug-likeness (QED) is 0.793. The number of hydrogen-bond donors (Lipinski definition) is 1. The molecule has 0 unspecified atom stereocenters. The Morgan fingerprint density at radius 1 is 1.12 bits per heavy atom. The average molecular weight is 361 g/mol. The van der Waals surface area contributed by atoms with Crippen LogP contribution in [0, 0.1) is 17.6 Å². The minimum atomic E-state index is -0.644. The van der Waals surface area contributed by atoms with Crippen LogP contribution < -0.4 is 10.9 Å². The highest BCUT2D eigenvalue weighted by atomic mass is 32.1. The first kappa shape index (κ1) is 16.2. The van der Waals surface area contributed by atoms with Crippen molar-refractivity contribution in [3.8, 4) is 0 Å². The molecule has 1 fully saturated rings. The summed E-state index contributed by atoms with van der Waals surface area (Å²) in [6, 6.07) is 8.63. The molecule has 2 aliphatic heterocycles. The second-order valence-corrected chi connectivity index (χ2v) is 7.08. The highest BCUT2D eigenvalue weighted by Crippen LogP contribution is 2.35. The molecular weight excluding hydrogens is 344 g/mol. The first-order valence-corrected chi connectivity index (χ1v) is 8.62. The number of anilines is 1. The van der Waals surface area contributed by atoms with Gasteiger partial charge in [-0.25, -0.2) is 8.78 Å². The third-order valence-electron chi connectivity index (χ3n) is 4.88. The average Bonchev–Trinajstić information content (AvgIpc) is 2.55. The summed E-state index contributed by atoms with van der Waals surface area (Å²) in [7, 11) is 0. The van der Waals surface area contributed by atoms with Crippen LogP contribution in [0.4, 0.5) is 14.5 Å². The second kappa shape index (κ2) is 6.22. The van der Waals surface area contributed by atoms with Crippen LogP contribution in [0.25, 0.3) is 0 Å². The van der Waals surface area contributed by atoms with Gasteiger partial charge in [-0.2, -0.15) is 0 Å². The molecule has 4 nitrogen and oxygen atoms in total. The number of rotatable bonds is 1. The number of fused-ring (bicyclic) bond motifs is 4. The summed E-state index contributed by atoms with van der Waals surface area (Å²) in [4.78, 5) is 14.1. The van der Waals surface area contributed by atoms with Crippen LogP contribution in [0.15, 0.2) is 41.2 Å². The van der Waals surface area contributed by atoms with Gasteiger partial charge in [0, 0.05) is 49.1 Å². The van der Waals surface area contributed by atoms with Crippen LogP contribution in [-0.2, 0) is 6.54 Å². The zero-order chi connectivity index (χ0) is 17.6. The van der Waals surface area contributed by atoms with Gasteiger partial charge in [-0.3, -0.25) is 4.79 Å². The molecule has 2 aromatic rings. The molecule has 3 heterocycles. The number of hydrogen-bond acceptors (Lipinski definition) is 2. The van der Waals surface area contributed by atoms with Gasteiger partial charge in [0.2, 0.25) is 0 Å². The SMILES string of the molecule is O=c1cccc2n1C[C@H]1C[C@H]2CN(C(=S)Nc2cc(F)cc(F)c2)C1. The van der Waals surface area contributed by atoms with Crippen molar-refractivity contribution in [2.24, 2.45) is 5.92 Å².